The van der Waals surface area contributed by atoms with Gasteiger partial charge in [-0.2, -0.15) is 0 Å². The summed E-state index contributed by atoms with van der Waals surface area (Å²) >= 11 is 0. The van der Waals surface area contributed by atoms with Crippen LogP contribution in [0.1, 0.15) is 56.6 Å². The number of likely N-dealkylation sites (tertiary alicyclic amines) is 2. The van der Waals surface area contributed by atoms with Gasteiger partial charge in [-0.05, 0) is 50.3 Å². The first-order chi connectivity index (χ1) is 13.8. The first kappa shape index (κ1) is 23.8. The van der Waals surface area contributed by atoms with E-state index < -0.39 is 0 Å². The van der Waals surface area contributed by atoms with E-state index in [1.54, 1.807) is 0 Å². The number of fused-ring (bicyclic) bond motifs is 1. The molecule has 1 amide bonds. The molecule has 5 rings (SSSR count). The predicted molar refractivity (Wildman–Crippen MR) is 126 cm³/mol. The number of carbonyl (C=O) groups is 1. The highest BCUT2D eigenvalue weighted by Gasteiger charge is 2.48. The van der Waals surface area contributed by atoms with Crippen molar-refractivity contribution in [1.29, 1.82) is 0 Å². The van der Waals surface area contributed by atoms with Crippen molar-refractivity contribution in [3.63, 3.8) is 0 Å². The lowest BCUT2D eigenvalue weighted by molar-refractivity contribution is -0.138. The number of amides is 1. The van der Waals surface area contributed by atoms with Crippen LogP contribution in [0, 0.1) is 17.8 Å². The highest BCUT2D eigenvalue weighted by Crippen LogP contribution is 2.44. The summed E-state index contributed by atoms with van der Waals surface area (Å²) in [6.45, 7) is 5.31. The SMILES string of the molecule is Cl.Cl.O=C(C1CCN(C2CCCCC2)CC1)N1C[C@@H]2CNC[C@@H]2[C@H]1c1ccccc1. The molecule has 168 valence electrons. The second-order valence-electron chi connectivity index (χ2n) is 9.53. The zero-order valence-corrected chi connectivity index (χ0v) is 19.5. The highest BCUT2D eigenvalue weighted by atomic mass is 35.5. The molecule has 30 heavy (non-hydrogen) atoms. The summed E-state index contributed by atoms with van der Waals surface area (Å²) < 4.78 is 0. The molecular weight excluding hydrogens is 417 g/mol. The third-order valence-electron chi connectivity index (χ3n) is 7.96. The number of benzene rings is 1. The Labute approximate surface area is 194 Å². The molecule has 1 aromatic carbocycles. The fourth-order valence-electron chi connectivity index (χ4n) is 6.42. The van der Waals surface area contributed by atoms with Crippen LogP contribution >= 0.6 is 24.8 Å². The molecule has 0 aromatic heterocycles. The zero-order valence-electron chi connectivity index (χ0n) is 17.9. The minimum absolute atomic E-state index is 0. The van der Waals surface area contributed by atoms with E-state index in [0.717, 1.165) is 51.6 Å². The Balaban J connectivity index is 0.00000128. The van der Waals surface area contributed by atoms with Crippen LogP contribution in [0.5, 0.6) is 0 Å². The molecule has 3 saturated heterocycles. The third-order valence-corrected chi connectivity index (χ3v) is 7.96. The third kappa shape index (κ3) is 4.67. The number of hydrogen-bond donors (Lipinski definition) is 1. The molecule has 0 bridgehead atoms. The average molecular weight is 454 g/mol. The molecule has 1 aliphatic carbocycles. The van der Waals surface area contributed by atoms with Crippen LogP contribution < -0.4 is 5.32 Å². The summed E-state index contributed by atoms with van der Waals surface area (Å²) in [5.74, 6) is 1.87. The molecule has 0 spiro atoms. The number of hydrogen-bond acceptors (Lipinski definition) is 3. The normalized spacial score (nSPS) is 30.4. The van der Waals surface area contributed by atoms with Crippen molar-refractivity contribution in [2.24, 2.45) is 17.8 Å². The van der Waals surface area contributed by atoms with E-state index in [-0.39, 0.29) is 36.8 Å². The van der Waals surface area contributed by atoms with Crippen molar-refractivity contribution in [2.45, 2.75) is 57.0 Å². The fourth-order valence-corrected chi connectivity index (χ4v) is 6.42. The van der Waals surface area contributed by atoms with Crippen LogP contribution in [-0.4, -0.2) is 54.5 Å². The van der Waals surface area contributed by atoms with Crippen LogP contribution in [0.4, 0.5) is 0 Å². The molecule has 6 heteroatoms. The average Bonchev–Trinajstić information content (AvgIpc) is 3.36. The molecule has 1 N–H and O–H groups in total. The molecule has 4 nitrogen and oxygen atoms in total. The lowest BCUT2D eigenvalue weighted by Gasteiger charge is -2.40. The standard InChI is InChI=1S/C24H35N3O.2ClH/c28-24(19-11-13-26(14-12-19)21-9-5-2-6-10-21)27-17-20-15-25-16-22(20)23(27)18-7-3-1-4-8-18;;/h1,3-4,7-8,19-23,25H,2,5-6,9-17H2;2*1H/t20-,22-,23+;;/m0../s1. The highest BCUT2D eigenvalue weighted by molar-refractivity contribution is 5.85. The van der Waals surface area contributed by atoms with Gasteiger partial charge in [0.2, 0.25) is 5.91 Å². The number of carbonyl (C=O) groups excluding carboxylic acids is 1. The van der Waals surface area contributed by atoms with E-state index in [9.17, 15) is 4.79 Å². The molecule has 4 fully saturated rings. The fraction of sp³-hybridized carbons (Fsp3) is 0.708. The summed E-state index contributed by atoms with van der Waals surface area (Å²) in [5.41, 5.74) is 1.33. The topological polar surface area (TPSA) is 35.6 Å². The second-order valence-corrected chi connectivity index (χ2v) is 9.53. The Morgan fingerprint density at radius 1 is 0.900 bits per heavy atom. The van der Waals surface area contributed by atoms with Crippen molar-refractivity contribution in [2.75, 3.05) is 32.7 Å². The summed E-state index contributed by atoms with van der Waals surface area (Å²) in [6, 6.07) is 11.8. The Morgan fingerprint density at radius 2 is 1.60 bits per heavy atom. The van der Waals surface area contributed by atoms with Crippen LogP contribution in [0.25, 0.3) is 0 Å². The van der Waals surface area contributed by atoms with E-state index in [4.69, 9.17) is 0 Å². The van der Waals surface area contributed by atoms with Crippen molar-refractivity contribution in [3.8, 4) is 0 Å². The summed E-state index contributed by atoms with van der Waals surface area (Å²) in [6.07, 6.45) is 9.06. The van der Waals surface area contributed by atoms with Crippen molar-refractivity contribution < 1.29 is 4.79 Å². The Hall–Kier alpha value is -0.810. The summed E-state index contributed by atoms with van der Waals surface area (Å²) in [4.78, 5) is 18.6. The smallest absolute Gasteiger partial charge is 0.226 e. The van der Waals surface area contributed by atoms with Gasteiger partial charge >= 0.3 is 0 Å². The summed E-state index contributed by atoms with van der Waals surface area (Å²) in [5, 5.41) is 3.56. The van der Waals surface area contributed by atoms with Crippen LogP contribution in [-0.2, 0) is 4.79 Å². The number of nitrogens with zero attached hydrogens (tertiary/aromatic N) is 2. The van der Waals surface area contributed by atoms with E-state index in [1.807, 2.05) is 0 Å². The lowest BCUT2D eigenvalue weighted by Crippen LogP contribution is -2.46. The molecule has 1 saturated carbocycles. The van der Waals surface area contributed by atoms with E-state index in [1.165, 1.54) is 37.7 Å². The van der Waals surface area contributed by atoms with Crippen molar-refractivity contribution in [1.82, 2.24) is 15.1 Å². The number of rotatable bonds is 3. The zero-order chi connectivity index (χ0) is 18.9. The molecule has 3 aliphatic heterocycles. The molecule has 0 radical (unpaired) electrons. The largest absolute Gasteiger partial charge is 0.335 e. The minimum atomic E-state index is 0. The number of halogens is 2. The minimum Gasteiger partial charge on any atom is -0.335 e. The molecule has 3 heterocycles. The molecule has 4 aliphatic rings. The lowest BCUT2D eigenvalue weighted by atomic mass is 9.88. The second kappa shape index (κ2) is 10.7. The summed E-state index contributed by atoms with van der Waals surface area (Å²) in [7, 11) is 0. The maximum absolute atomic E-state index is 13.6. The van der Waals surface area contributed by atoms with Gasteiger partial charge in [-0.25, -0.2) is 0 Å². The number of piperidine rings is 1. The van der Waals surface area contributed by atoms with Gasteiger partial charge in [0, 0.05) is 37.5 Å². The van der Waals surface area contributed by atoms with Crippen LogP contribution in [0.2, 0.25) is 0 Å². The van der Waals surface area contributed by atoms with Gasteiger partial charge in [-0.15, -0.1) is 24.8 Å². The van der Waals surface area contributed by atoms with Gasteiger partial charge in [-0.3, -0.25) is 4.79 Å². The van der Waals surface area contributed by atoms with Crippen molar-refractivity contribution in [3.05, 3.63) is 35.9 Å². The van der Waals surface area contributed by atoms with Gasteiger partial charge in [0.25, 0.3) is 0 Å². The Kier molecular flexibility index (Phi) is 8.48. The van der Waals surface area contributed by atoms with E-state index >= 15 is 0 Å². The maximum atomic E-state index is 13.6. The van der Waals surface area contributed by atoms with Gasteiger partial charge in [0.05, 0.1) is 6.04 Å². The Morgan fingerprint density at radius 3 is 2.30 bits per heavy atom. The molecule has 0 unspecified atom stereocenters. The molecule has 3 atom stereocenters. The van der Waals surface area contributed by atoms with Crippen LogP contribution in [0.15, 0.2) is 30.3 Å². The van der Waals surface area contributed by atoms with Gasteiger partial charge in [0.15, 0.2) is 0 Å². The van der Waals surface area contributed by atoms with Crippen molar-refractivity contribution >= 4 is 30.7 Å². The monoisotopic (exact) mass is 453 g/mol. The Bertz CT molecular complexity index is 674. The van der Waals surface area contributed by atoms with Gasteiger partial charge < -0.3 is 15.1 Å². The van der Waals surface area contributed by atoms with Crippen LogP contribution in [0.3, 0.4) is 0 Å². The maximum Gasteiger partial charge on any atom is 0.226 e. The quantitative estimate of drug-likeness (QED) is 0.740. The van der Waals surface area contributed by atoms with Gasteiger partial charge in [0.1, 0.15) is 0 Å². The first-order valence-corrected chi connectivity index (χ1v) is 11.6. The van der Waals surface area contributed by atoms with E-state index in [0.29, 0.717) is 17.7 Å². The van der Waals surface area contributed by atoms with Gasteiger partial charge in [-0.1, -0.05) is 49.6 Å². The molecule has 1 aromatic rings. The number of nitrogens with one attached hydrogen (secondary N) is 1. The predicted octanol–water partition coefficient (Wildman–Crippen LogP) is 4.29. The van der Waals surface area contributed by atoms with E-state index in [2.05, 4.69) is 45.4 Å². The molecular formula is C24H37Cl2N3O. The first-order valence-electron chi connectivity index (χ1n) is 11.6.